The topological polar surface area (TPSA) is 38.3 Å². The lowest BCUT2D eigenvalue weighted by Crippen LogP contribution is -2.28. The van der Waals surface area contributed by atoms with E-state index in [-0.39, 0.29) is 11.8 Å². The molecule has 1 aromatic carbocycles. The molecular weight excluding hydrogens is 226 g/mol. The molecule has 0 bridgehead atoms. The van der Waals surface area contributed by atoms with Gasteiger partial charge in [0.1, 0.15) is 0 Å². The van der Waals surface area contributed by atoms with E-state index in [0.29, 0.717) is 13.2 Å². The summed E-state index contributed by atoms with van der Waals surface area (Å²) < 4.78 is 5.28. The van der Waals surface area contributed by atoms with Gasteiger partial charge in [0, 0.05) is 24.8 Å². The highest BCUT2D eigenvalue weighted by Crippen LogP contribution is 2.21. The monoisotopic (exact) mass is 247 g/mol. The first-order valence-corrected chi connectivity index (χ1v) is 6.69. The lowest BCUT2D eigenvalue weighted by atomic mass is 9.98. The summed E-state index contributed by atoms with van der Waals surface area (Å²) in [6.45, 7) is 5.58. The molecule has 0 saturated carbocycles. The minimum atomic E-state index is 0.102. The molecule has 98 valence electrons. The van der Waals surface area contributed by atoms with Crippen LogP contribution in [0.5, 0.6) is 0 Å². The van der Waals surface area contributed by atoms with E-state index in [1.54, 1.807) is 0 Å². The number of amides is 1. The molecule has 0 aromatic heterocycles. The molecule has 0 aliphatic carbocycles. The van der Waals surface area contributed by atoms with Crippen LogP contribution in [0.4, 0.5) is 5.69 Å². The highest BCUT2D eigenvalue weighted by molar-refractivity contribution is 5.93. The van der Waals surface area contributed by atoms with Gasteiger partial charge < -0.3 is 10.1 Å². The van der Waals surface area contributed by atoms with Crippen LogP contribution in [-0.2, 0) is 16.0 Å². The molecule has 18 heavy (non-hydrogen) atoms. The van der Waals surface area contributed by atoms with E-state index >= 15 is 0 Å². The summed E-state index contributed by atoms with van der Waals surface area (Å²) >= 11 is 0. The van der Waals surface area contributed by atoms with Gasteiger partial charge in [0.05, 0.1) is 0 Å². The maximum absolute atomic E-state index is 12.2. The van der Waals surface area contributed by atoms with E-state index < -0.39 is 0 Å². The van der Waals surface area contributed by atoms with Crippen LogP contribution in [0.15, 0.2) is 18.2 Å². The first-order chi connectivity index (χ1) is 8.70. The van der Waals surface area contributed by atoms with Crippen LogP contribution in [0.25, 0.3) is 0 Å². The molecule has 1 aliphatic rings. The predicted octanol–water partition coefficient (Wildman–Crippen LogP) is 2.92. The Bertz CT molecular complexity index is 423. The van der Waals surface area contributed by atoms with Crippen molar-refractivity contribution in [3.63, 3.8) is 0 Å². The highest BCUT2D eigenvalue weighted by atomic mass is 16.5. The van der Waals surface area contributed by atoms with Crippen molar-refractivity contribution < 1.29 is 9.53 Å². The Morgan fingerprint density at radius 2 is 2.11 bits per heavy atom. The van der Waals surface area contributed by atoms with Gasteiger partial charge in [-0.05, 0) is 37.8 Å². The summed E-state index contributed by atoms with van der Waals surface area (Å²) in [6, 6.07) is 6.18. The molecule has 1 fully saturated rings. The first-order valence-electron chi connectivity index (χ1n) is 6.69. The molecule has 1 heterocycles. The maximum atomic E-state index is 12.2. The summed E-state index contributed by atoms with van der Waals surface area (Å²) in [5.41, 5.74) is 3.39. The number of carbonyl (C=O) groups is 1. The van der Waals surface area contributed by atoms with Gasteiger partial charge in [-0.1, -0.05) is 24.6 Å². The van der Waals surface area contributed by atoms with Gasteiger partial charge in [0.2, 0.25) is 5.91 Å². The Hall–Kier alpha value is -1.35. The van der Waals surface area contributed by atoms with Gasteiger partial charge in [-0.2, -0.15) is 0 Å². The number of hydrogen-bond acceptors (Lipinski definition) is 2. The minimum absolute atomic E-state index is 0.102. The standard InChI is InChI=1S/C15H21NO2/c1-3-12-10-11(2)4-5-14(12)16-15(17)13-6-8-18-9-7-13/h4-5,10,13H,3,6-9H2,1-2H3,(H,16,17). The van der Waals surface area contributed by atoms with Crippen LogP contribution in [0.3, 0.4) is 0 Å². The van der Waals surface area contributed by atoms with Crippen molar-refractivity contribution in [2.24, 2.45) is 5.92 Å². The van der Waals surface area contributed by atoms with E-state index in [1.807, 2.05) is 12.1 Å². The smallest absolute Gasteiger partial charge is 0.227 e. The second-order valence-corrected chi connectivity index (χ2v) is 4.89. The number of nitrogens with one attached hydrogen (secondary N) is 1. The van der Waals surface area contributed by atoms with E-state index in [9.17, 15) is 4.79 Å². The van der Waals surface area contributed by atoms with Crippen LogP contribution >= 0.6 is 0 Å². The molecule has 3 heteroatoms. The molecule has 1 saturated heterocycles. The summed E-state index contributed by atoms with van der Waals surface area (Å²) in [5.74, 6) is 0.238. The van der Waals surface area contributed by atoms with Crippen molar-refractivity contribution >= 4 is 11.6 Å². The number of benzene rings is 1. The van der Waals surface area contributed by atoms with E-state index in [2.05, 4.69) is 25.2 Å². The Labute approximate surface area is 109 Å². The van der Waals surface area contributed by atoms with Crippen LogP contribution in [0.1, 0.15) is 30.9 Å². The Morgan fingerprint density at radius 3 is 2.78 bits per heavy atom. The van der Waals surface area contributed by atoms with Gasteiger partial charge >= 0.3 is 0 Å². The van der Waals surface area contributed by atoms with Crippen molar-refractivity contribution in [2.45, 2.75) is 33.1 Å². The molecule has 0 unspecified atom stereocenters. The first kappa shape index (κ1) is 13.1. The molecule has 1 aliphatic heterocycles. The van der Waals surface area contributed by atoms with Gasteiger partial charge in [0.15, 0.2) is 0 Å². The quantitative estimate of drug-likeness (QED) is 0.892. The van der Waals surface area contributed by atoms with Gasteiger partial charge in [-0.25, -0.2) is 0 Å². The third kappa shape index (κ3) is 3.10. The molecule has 0 radical (unpaired) electrons. The Kier molecular flexibility index (Phi) is 4.37. The molecule has 0 spiro atoms. The lowest BCUT2D eigenvalue weighted by Gasteiger charge is -2.22. The van der Waals surface area contributed by atoms with Crippen LogP contribution in [0, 0.1) is 12.8 Å². The second-order valence-electron chi connectivity index (χ2n) is 4.89. The van der Waals surface area contributed by atoms with Crippen molar-refractivity contribution in [2.75, 3.05) is 18.5 Å². The molecular formula is C15H21NO2. The Balaban J connectivity index is 2.06. The van der Waals surface area contributed by atoms with Crippen LogP contribution in [-0.4, -0.2) is 19.1 Å². The largest absolute Gasteiger partial charge is 0.381 e. The molecule has 2 rings (SSSR count). The van der Waals surface area contributed by atoms with Gasteiger partial charge in [-0.3, -0.25) is 4.79 Å². The number of carbonyl (C=O) groups excluding carboxylic acids is 1. The highest BCUT2D eigenvalue weighted by Gasteiger charge is 2.21. The van der Waals surface area contributed by atoms with Crippen molar-refractivity contribution in [1.29, 1.82) is 0 Å². The molecule has 1 N–H and O–H groups in total. The Morgan fingerprint density at radius 1 is 1.39 bits per heavy atom. The molecule has 0 atom stereocenters. The van der Waals surface area contributed by atoms with Crippen LogP contribution in [0.2, 0.25) is 0 Å². The third-order valence-electron chi connectivity index (χ3n) is 3.49. The molecule has 1 amide bonds. The van der Waals surface area contributed by atoms with E-state index in [1.165, 1.54) is 11.1 Å². The zero-order chi connectivity index (χ0) is 13.0. The number of rotatable bonds is 3. The number of hydrogen-bond donors (Lipinski definition) is 1. The van der Waals surface area contributed by atoms with Crippen LogP contribution < -0.4 is 5.32 Å². The lowest BCUT2D eigenvalue weighted by molar-refractivity contribution is -0.122. The van der Waals surface area contributed by atoms with Crippen molar-refractivity contribution in [1.82, 2.24) is 0 Å². The summed E-state index contributed by atoms with van der Waals surface area (Å²) in [7, 11) is 0. The average Bonchev–Trinajstić information content (AvgIpc) is 2.41. The van der Waals surface area contributed by atoms with Gasteiger partial charge in [0.25, 0.3) is 0 Å². The number of ether oxygens (including phenoxy) is 1. The van der Waals surface area contributed by atoms with Gasteiger partial charge in [-0.15, -0.1) is 0 Å². The molecule has 1 aromatic rings. The summed E-state index contributed by atoms with van der Waals surface area (Å²) in [5, 5.41) is 3.06. The second kappa shape index (κ2) is 6.01. The molecule has 3 nitrogen and oxygen atoms in total. The third-order valence-corrected chi connectivity index (χ3v) is 3.49. The zero-order valence-corrected chi connectivity index (χ0v) is 11.2. The maximum Gasteiger partial charge on any atom is 0.227 e. The van der Waals surface area contributed by atoms with E-state index in [0.717, 1.165) is 24.9 Å². The zero-order valence-electron chi connectivity index (χ0n) is 11.2. The number of aryl methyl sites for hydroxylation is 2. The van der Waals surface area contributed by atoms with Crippen molar-refractivity contribution in [3.05, 3.63) is 29.3 Å². The fourth-order valence-electron chi connectivity index (χ4n) is 2.33. The summed E-state index contributed by atoms with van der Waals surface area (Å²) in [4.78, 5) is 12.2. The summed E-state index contributed by atoms with van der Waals surface area (Å²) in [6.07, 6.45) is 2.60. The number of anilines is 1. The fourth-order valence-corrected chi connectivity index (χ4v) is 2.33. The average molecular weight is 247 g/mol. The predicted molar refractivity (Wildman–Crippen MR) is 72.7 cm³/mol. The minimum Gasteiger partial charge on any atom is -0.381 e. The SMILES string of the molecule is CCc1cc(C)ccc1NC(=O)C1CCOCC1. The van der Waals surface area contributed by atoms with Crippen molar-refractivity contribution in [3.8, 4) is 0 Å². The fraction of sp³-hybridized carbons (Fsp3) is 0.533. The van der Waals surface area contributed by atoms with E-state index in [4.69, 9.17) is 4.74 Å². The normalized spacial score (nSPS) is 16.6.